The van der Waals surface area contributed by atoms with E-state index in [9.17, 15) is 0 Å². The highest BCUT2D eigenvalue weighted by Crippen LogP contribution is 2.15. The lowest BCUT2D eigenvalue weighted by Crippen LogP contribution is -2.46. The Hall–Kier alpha value is -2.01. The molecule has 0 aliphatic carbocycles. The molecule has 0 bridgehead atoms. The predicted octanol–water partition coefficient (Wildman–Crippen LogP) is 1.94. The molecule has 1 aliphatic heterocycles. The normalized spacial score (nSPS) is 18.7. The highest BCUT2D eigenvalue weighted by atomic mass is 15.3. The van der Waals surface area contributed by atoms with Gasteiger partial charge in [0.1, 0.15) is 0 Å². The summed E-state index contributed by atoms with van der Waals surface area (Å²) in [6.45, 7) is 4.86. The van der Waals surface area contributed by atoms with Crippen molar-refractivity contribution in [1.82, 2.24) is 20.3 Å². The van der Waals surface area contributed by atoms with Crippen molar-refractivity contribution in [1.29, 1.82) is 0 Å². The van der Waals surface area contributed by atoms with Crippen LogP contribution in [-0.4, -0.2) is 34.1 Å². The molecule has 0 aromatic carbocycles. The zero-order chi connectivity index (χ0) is 14.5. The second-order valence-corrected chi connectivity index (χ2v) is 5.54. The highest BCUT2D eigenvalue weighted by Gasteiger charge is 2.21. The molecule has 110 valence electrons. The highest BCUT2D eigenvalue weighted by molar-refractivity contribution is 5.29. The Morgan fingerprint density at radius 2 is 2.10 bits per heavy atom. The molecular weight excluding hydrogens is 262 g/mol. The molecule has 1 aliphatic rings. The first-order valence-electron chi connectivity index (χ1n) is 7.48. The van der Waals surface area contributed by atoms with Gasteiger partial charge in [-0.25, -0.2) is 9.97 Å². The van der Waals surface area contributed by atoms with Crippen molar-refractivity contribution < 1.29 is 0 Å². The fraction of sp³-hybridized carbons (Fsp3) is 0.438. The summed E-state index contributed by atoms with van der Waals surface area (Å²) in [6.07, 6.45) is 7.87. The van der Waals surface area contributed by atoms with Gasteiger partial charge in [0.2, 0.25) is 5.95 Å². The molecule has 1 fully saturated rings. The topological polar surface area (TPSA) is 53.9 Å². The van der Waals surface area contributed by atoms with E-state index < -0.39 is 0 Å². The number of hydrogen-bond donors (Lipinski definition) is 1. The maximum Gasteiger partial charge on any atom is 0.225 e. The van der Waals surface area contributed by atoms with Crippen LogP contribution in [0, 0.1) is 6.92 Å². The number of hydrogen-bond acceptors (Lipinski definition) is 5. The first-order chi connectivity index (χ1) is 10.3. The third kappa shape index (κ3) is 3.76. The van der Waals surface area contributed by atoms with Crippen molar-refractivity contribution in [3.05, 3.63) is 48.0 Å². The minimum Gasteiger partial charge on any atom is -0.339 e. The number of aryl methyl sites for hydroxylation is 1. The van der Waals surface area contributed by atoms with Crippen LogP contribution in [0.2, 0.25) is 0 Å². The Kier molecular flexibility index (Phi) is 4.40. The van der Waals surface area contributed by atoms with Crippen molar-refractivity contribution in [2.75, 3.05) is 18.0 Å². The van der Waals surface area contributed by atoms with Crippen LogP contribution in [0.1, 0.15) is 24.1 Å². The fourth-order valence-electron chi connectivity index (χ4n) is 2.63. The van der Waals surface area contributed by atoms with Gasteiger partial charge in [0.25, 0.3) is 0 Å². The Morgan fingerprint density at radius 3 is 2.86 bits per heavy atom. The maximum absolute atomic E-state index is 4.44. The van der Waals surface area contributed by atoms with Crippen molar-refractivity contribution in [2.24, 2.45) is 0 Å². The molecular formula is C16H21N5. The standard InChI is InChI=1S/C16H21N5/c1-13-5-6-14(19-10-13)11-20-15-4-2-9-21(12-15)16-17-7-3-8-18-16/h3,5-8,10,15,20H,2,4,9,11-12H2,1H3. The monoisotopic (exact) mass is 283 g/mol. The summed E-state index contributed by atoms with van der Waals surface area (Å²) >= 11 is 0. The Morgan fingerprint density at radius 1 is 1.24 bits per heavy atom. The first-order valence-corrected chi connectivity index (χ1v) is 7.48. The third-order valence-corrected chi connectivity index (χ3v) is 3.80. The maximum atomic E-state index is 4.44. The molecule has 5 nitrogen and oxygen atoms in total. The number of piperidine rings is 1. The van der Waals surface area contributed by atoms with E-state index in [4.69, 9.17) is 0 Å². The average molecular weight is 283 g/mol. The van der Waals surface area contributed by atoms with Gasteiger partial charge >= 0.3 is 0 Å². The number of nitrogens with zero attached hydrogens (tertiary/aromatic N) is 4. The van der Waals surface area contributed by atoms with Gasteiger partial charge in [-0.3, -0.25) is 4.98 Å². The lowest BCUT2D eigenvalue weighted by atomic mass is 10.1. The van der Waals surface area contributed by atoms with Gasteiger partial charge in [0, 0.05) is 44.3 Å². The fourth-order valence-corrected chi connectivity index (χ4v) is 2.63. The van der Waals surface area contributed by atoms with Crippen molar-refractivity contribution in [3.63, 3.8) is 0 Å². The van der Waals surface area contributed by atoms with Crippen molar-refractivity contribution in [2.45, 2.75) is 32.4 Å². The van der Waals surface area contributed by atoms with E-state index in [2.05, 4.69) is 44.2 Å². The van der Waals surface area contributed by atoms with Crippen LogP contribution >= 0.6 is 0 Å². The second-order valence-electron chi connectivity index (χ2n) is 5.54. The van der Waals surface area contributed by atoms with E-state index in [0.29, 0.717) is 6.04 Å². The van der Waals surface area contributed by atoms with Crippen LogP contribution < -0.4 is 10.2 Å². The lowest BCUT2D eigenvalue weighted by molar-refractivity contribution is 0.416. The molecule has 1 N–H and O–H groups in total. The number of rotatable bonds is 4. The third-order valence-electron chi connectivity index (χ3n) is 3.80. The van der Waals surface area contributed by atoms with Gasteiger partial charge in [-0.15, -0.1) is 0 Å². The van der Waals surface area contributed by atoms with E-state index in [1.165, 1.54) is 12.0 Å². The van der Waals surface area contributed by atoms with Crippen LogP contribution in [0.15, 0.2) is 36.8 Å². The van der Waals surface area contributed by atoms with Gasteiger partial charge in [0.15, 0.2) is 0 Å². The molecule has 21 heavy (non-hydrogen) atoms. The van der Waals surface area contributed by atoms with Crippen molar-refractivity contribution >= 4 is 5.95 Å². The minimum atomic E-state index is 0.464. The Labute approximate surface area is 125 Å². The summed E-state index contributed by atoms with van der Waals surface area (Å²) in [4.78, 5) is 15.4. The van der Waals surface area contributed by atoms with E-state index in [0.717, 1.165) is 37.7 Å². The smallest absolute Gasteiger partial charge is 0.225 e. The van der Waals surface area contributed by atoms with Gasteiger partial charge in [-0.2, -0.15) is 0 Å². The van der Waals surface area contributed by atoms with E-state index in [1.54, 1.807) is 12.4 Å². The largest absolute Gasteiger partial charge is 0.339 e. The average Bonchev–Trinajstić information content (AvgIpc) is 2.55. The number of pyridine rings is 1. The molecule has 0 amide bonds. The van der Waals surface area contributed by atoms with Crippen molar-refractivity contribution in [3.8, 4) is 0 Å². The predicted molar refractivity (Wildman–Crippen MR) is 83.1 cm³/mol. The summed E-state index contributed by atoms with van der Waals surface area (Å²) in [5.41, 5.74) is 2.29. The summed E-state index contributed by atoms with van der Waals surface area (Å²) in [6, 6.07) is 6.51. The molecule has 2 aromatic heterocycles. The Balaban J connectivity index is 1.55. The summed E-state index contributed by atoms with van der Waals surface area (Å²) in [5, 5.41) is 3.60. The van der Waals surface area contributed by atoms with E-state index in [1.807, 2.05) is 12.3 Å². The van der Waals surface area contributed by atoms with Gasteiger partial charge in [-0.1, -0.05) is 6.07 Å². The quantitative estimate of drug-likeness (QED) is 0.929. The zero-order valence-corrected chi connectivity index (χ0v) is 12.4. The molecule has 0 saturated carbocycles. The van der Waals surface area contributed by atoms with Gasteiger partial charge in [0.05, 0.1) is 5.69 Å². The number of aromatic nitrogens is 3. The minimum absolute atomic E-state index is 0.464. The van der Waals surface area contributed by atoms with Crippen LogP contribution in [-0.2, 0) is 6.54 Å². The molecule has 1 unspecified atom stereocenters. The molecule has 2 aromatic rings. The van der Waals surface area contributed by atoms with Gasteiger partial charge in [-0.05, 0) is 37.5 Å². The molecule has 3 heterocycles. The first kappa shape index (κ1) is 13.9. The van der Waals surface area contributed by atoms with E-state index >= 15 is 0 Å². The number of anilines is 1. The molecule has 1 saturated heterocycles. The lowest BCUT2D eigenvalue weighted by Gasteiger charge is -2.33. The summed E-state index contributed by atoms with van der Waals surface area (Å²) < 4.78 is 0. The summed E-state index contributed by atoms with van der Waals surface area (Å²) in [5.74, 6) is 0.831. The molecule has 5 heteroatoms. The molecule has 3 rings (SSSR count). The SMILES string of the molecule is Cc1ccc(CNC2CCCN(c3ncccn3)C2)nc1. The van der Waals surface area contributed by atoms with Crippen LogP contribution in [0.25, 0.3) is 0 Å². The summed E-state index contributed by atoms with van der Waals surface area (Å²) in [7, 11) is 0. The molecule has 0 spiro atoms. The van der Waals surface area contributed by atoms with Gasteiger partial charge < -0.3 is 10.2 Å². The van der Waals surface area contributed by atoms with Crippen LogP contribution in [0.4, 0.5) is 5.95 Å². The number of nitrogens with one attached hydrogen (secondary N) is 1. The second kappa shape index (κ2) is 6.63. The zero-order valence-electron chi connectivity index (χ0n) is 12.4. The van der Waals surface area contributed by atoms with E-state index in [-0.39, 0.29) is 0 Å². The Bertz CT molecular complexity index is 555. The van der Waals surface area contributed by atoms with Crippen LogP contribution in [0.3, 0.4) is 0 Å². The van der Waals surface area contributed by atoms with Crippen LogP contribution in [0.5, 0.6) is 0 Å². The molecule has 0 radical (unpaired) electrons. The molecule has 1 atom stereocenters.